The van der Waals surface area contributed by atoms with Gasteiger partial charge >= 0.3 is 5.97 Å². The summed E-state index contributed by atoms with van der Waals surface area (Å²) in [7, 11) is 0. The molecule has 3 heterocycles. The van der Waals surface area contributed by atoms with Crippen molar-refractivity contribution in [3.05, 3.63) is 80.7 Å². The number of benzene rings is 2. The lowest BCUT2D eigenvalue weighted by Gasteiger charge is -2.08. The predicted molar refractivity (Wildman–Crippen MR) is 127 cm³/mol. The molecule has 1 N–H and O–H groups in total. The molecule has 178 valence electrons. The highest BCUT2D eigenvalue weighted by Gasteiger charge is 2.17. The van der Waals surface area contributed by atoms with E-state index in [1.165, 1.54) is 21.9 Å². The monoisotopic (exact) mass is 492 g/mol. The van der Waals surface area contributed by atoms with Gasteiger partial charge in [0.2, 0.25) is 11.8 Å². The molecular formula is C24H20N4O6S. The van der Waals surface area contributed by atoms with Gasteiger partial charge in [0, 0.05) is 23.7 Å². The highest BCUT2D eigenvalue weighted by atomic mass is 32.1. The summed E-state index contributed by atoms with van der Waals surface area (Å²) < 4.78 is 17.1. The number of carbonyl (C=O) groups excluding carboxylic acids is 2. The van der Waals surface area contributed by atoms with Gasteiger partial charge < -0.3 is 19.5 Å². The average molecular weight is 493 g/mol. The number of nitrogens with one attached hydrogen (secondary N) is 1. The second-order valence-electron chi connectivity index (χ2n) is 7.70. The summed E-state index contributed by atoms with van der Waals surface area (Å²) in [6.45, 7) is 2.02. The first-order chi connectivity index (χ1) is 17.0. The third-order valence-electron chi connectivity index (χ3n) is 5.17. The Hall–Kier alpha value is -4.25. The lowest BCUT2D eigenvalue weighted by molar-refractivity contribution is 0.0467. The van der Waals surface area contributed by atoms with Crippen molar-refractivity contribution < 1.29 is 23.8 Å². The third kappa shape index (κ3) is 4.85. The third-order valence-corrected chi connectivity index (χ3v) is 6.14. The Bertz CT molecular complexity index is 1480. The predicted octanol–water partition coefficient (Wildman–Crippen LogP) is 3.44. The molecule has 1 aliphatic rings. The number of hydrogen-bond acceptors (Lipinski definition) is 9. The molecule has 0 aliphatic carbocycles. The zero-order chi connectivity index (χ0) is 24.4. The largest absolute Gasteiger partial charge is 0.456 e. The van der Waals surface area contributed by atoms with Gasteiger partial charge in [0.1, 0.15) is 11.6 Å². The highest BCUT2D eigenvalue weighted by molar-refractivity contribution is 7.16. The summed E-state index contributed by atoms with van der Waals surface area (Å²) in [5.41, 5.74) is 1.26. The van der Waals surface area contributed by atoms with Crippen LogP contribution in [0.15, 0.2) is 53.3 Å². The minimum atomic E-state index is -0.573. The molecule has 1 aliphatic heterocycles. The normalized spacial score (nSPS) is 12.0. The molecule has 5 rings (SSSR count). The zero-order valence-electron chi connectivity index (χ0n) is 18.6. The molecule has 0 radical (unpaired) electrons. The number of anilines is 1. The minimum absolute atomic E-state index is 0.130. The second-order valence-corrected chi connectivity index (χ2v) is 8.74. The molecule has 11 heteroatoms. The van der Waals surface area contributed by atoms with Gasteiger partial charge in [-0.1, -0.05) is 18.3 Å². The molecule has 0 fully saturated rings. The molecule has 0 saturated heterocycles. The van der Waals surface area contributed by atoms with Crippen molar-refractivity contribution in [2.24, 2.45) is 0 Å². The number of hydrogen-bond donors (Lipinski definition) is 1. The van der Waals surface area contributed by atoms with Crippen LogP contribution in [-0.4, -0.2) is 33.3 Å². The number of amides is 1. The van der Waals surface area contributed by atoms with Crippen LogP contribution in [0.5, 0.6) is 11.5 Å². The van der Waals surface area contributed by atoms with E-state index in [1.807, 2.05) is 6.92 Å². The lowest BCUT2D eigenvalue weighted by Crippen LogP contribution is -2.16. The van der Waals surface area contributed by atoms with Crippen LogP contribution in [0.25, 0.3) is 4.96 Å². The number of carbonyl (C=O) groups is 2. The fraction of sp³-hybridized carbons (Fsp3) is 0.208. The maximum Gasteiger partial charge on any atom is 0.338 e. The van der Waals surface area contributed by atoms with Crippen LogP contribution in [0, 0.1) is 0 Å². The number of aryl methyl sites for hydroxylation is 1. The van der Waals surface area contributed by atoms with Gasteiger partial charge in [-0.15, -0.1) is 0 Å². The molecule has 2 aromatic carbocycles. The average Bonchev–Trinajstić information content (AvgIpc) is 3.49. The first-order valence-corrected chi connectivity index (χ1v) is 11.7. The molecular weight excluding hydrogens is 472 g/mol. The van der Waals surface area contributed by atoms with Crippen LogP contribution in [0.4, 0.5) is 5.69 Å². The molecule has 1 amide bonds. The molecule has 0 saturated carbocycles. The van der Waals surface area contributed by atoms with E-state index in [-0.39, 0.29) is 24.9 Å². The number of nitrogens with zero attached hydrogens (tertiary/aromatic N) is 3. The summed E-state index contributed by atoms with van der Waals surface area (Å²) in [6, 6.07) is 12.5. The van der Waals surface area contributed by atoms with Crippen molar-refractivity contribution in [2.45, 2.75) is 26.4 Å². The first-order valence-electron chi connectivity index (χ1n) is 10.9. The van der Waals surface area contributed by atoms with Crippen molar-refractivity contribution in [1.82, 2.24) is 14.6 Å². The van der Waals surface area contributed by atoms with Crippen molar-refractivity contribution in [3.63, 3.8) is 0 Å². The topological polar surface area (TPSA) is 121 Å². The van der Waals surface area contributed by atoms with Crippen molar-refractivity contribution in [3.8, 4) is 11.5 Å². The molecule has 0 spiro atoms. The Morgan fingerprint density at radius 1 is 1.09 bits per heavy atom. The smallest absolute Gasteiger partial charge is 0.338 e. The van der Waals surface area contributed by atoms with Gasteiger partial charge in [-0.25, -0.2) is 9.78 Å². The number of esters is 1. The highest BCUT2D eigenvalue weighted by Crippen LogP contribution is 2.32. The van der Waals surface area contributed by atoms with E-state index in [1.54, 1.807) is 42.5 Å². The molecule has 4 aromatic rings. The Kier molecular flexibility index (Phi) is 6.15. The number of aromatic nitrogens is 3. The maximum atomic E-state index is 12.5. The van der Waals surface area contributed by atoms with Crippen LogP contribution >= 0.6 is 11.3 Å². The van der Waals surface area contributed by atoms with Gasteiger partial charge in [0.25, 0.3) is 11.5 Å². The summed E-state index contributed by atoms with van der Waals surface area (Å²) in [5.74, 6) is 0.218. The summed E-state index contributed by atoms with van der Waals surface area (Å²) >= 11 is 1.34. The minimum Gasteiger partial charge on any atom is -0.456 e. The van der Waals surface area contributed by atoms with Gasteiger partial charge in [-0.05, 0) is 48.9 Å². The van der Waals surface area contributed by atoms with Crippen LogP contribution in [-0.2, 0) is 17.8 Å². The van der Waals surface area contributed by atoms with Gasteiger partial charge in [-0.2, -0.15) is 9.61 Å². The molecule has 10 nitrogen and oxygen atoms in total. The van der Waals surface area contributed by atoms with E-state index in [0.717, 1.165) is 17.8 Å². The number of rotatable bonds is 7. The van der Waals surface area contributed by atoms with Gasteiger partial charge in [-0.3, -0.25) is 9.59 Å². The molecule has 0 atom stereocenters. The lowest BCUT2D eigenvalue weighted by atomic mass is 10.1. The molecule has 0 unspecified atom stereocenters. The van der Waals surface area contributed by atoms with E-state index >= 15 is 0 Å². The Labute approximate surface area is 203 Å². The van der Waals surface area contributed by atoms with E-state index in [4.69, 9.17) is 14.2 Å². The Morgan fingerprint density at radius 3 is 2.66 bits per heavy atom. The second kappa shape index (κ2) is 9.55. The fourth-order valence-corrected chi connectivity index (χ4v) is 4.46. The van der Waals surface area contributed by atoms with E-state index in [0.29, 0.717) is 39.0 Å². The van der Waals surface area contributed by atoms with Crippen LogP contribution < -0.4 is 20.3 Å². The maximum absolute atomic E-state index is 12.5. The molecule has 35 heavy (non-hydrogen) atoms. The fourth-order valence-electron chi connectivity index (χ4n) is 3.44. The van der Waals surface area contributed by atoms with E-state index in [2.05, 4.69) is 15.4 Å². The molecule has 2 aromatic heterocycles. The summed E-state index contributed by atoms with van der Waals surface area (Å²) in [6.07, 6.45) is 1.69. The van der Waals surface area contributed by atoms with Crippen LogP contribution in [0.1, 0.15) is 44.8 Å². The van der Waals surface area contributed by atoms with Gasteiger partial charge in [0.15, 0.2) is 11.5 Å². The first kappa shape index (κ1) is 22.5. The van der Waals surface area contributed by atoms with Crippen molar-refractivity contribution in [2.75, 3.05) is 12.1 Å². The molecule has 0 bridgehead atoms. The Morgan fingerprint density at radius 2 is 1.86 bits per heavy atom. The Balaban J connectivity index is 1.20. The summed E-state index contributed by atoms with van der Waals surface area (Å²) in [4.78, 5) is 42.1. The quantitative estimate of drug-likeness (QED) is 0.390. The van der Waals surface area contributed by atoms with Gasteiger partial charge in [0.05, 0.1) is 11.3 Å². The van der Waals surface area contributed by atoms with E-state index < -0.39 is 5.97 Å². The SMILES string of the molecule is CCCc1nn2c(=O)cc(COC(=O)c3ccc(NC(=O)c4ccc5c(c4)OCO5)cc3)nc2s1. The van der Waals surface area contributed by atoms with E-state index in [9.17, 15) is 14.4 Å². The van der Waals surface area contributed by atoms with Crippen molar-refractivity contribution in [1.29, 1.82) is 0 Å². The zero-order valence-corrected chi connectivity index (χ0v) is 19.5. The summed E-state index contributed by atoms with van der Waals surface area (Å²) in [5, 5.41) is 7.86. The van der Waals surface area contributed by atoms with Crippen molar-refractivity contribution >= 4 is 33.9 Å². The van der Waals surface area contributed by atoms with Crippen LogP contribution in [0.2, 0.25) is 0 Å². The van der Waals surface area contributed by atoms with Crippen LogP contribution in [0.3, 0.4) is 0 Å². The standard InChI is InChI=1S/C24H20N4O6S/c1-2-3-20-27-28-21(29)11-17(26-24(28)35-20)12-32-23(31)14-4-7-16(8-5-14)25-22(30)15-6-9-18-19(10-15)34-13-33-18/h4-11H,2-3,12-13H2,1H3,(H,25,30). The number of ether oxygens (including phenoxy) is 3. The number of fused-ring (bicyclic) bond motifs is 2.